The van der Waals surface area contributed by atoms with Gasteiger partial charge in [0, 0.05) is 12.6 Å². The molecule has 0 aromatic carbocycles. The third kappa shape index (κ3) is 5.91. The second-order valence-electron chi connectivity index (χ2n) is 7.90. The maximum atomic E-state index is 12.8. The molecule has 29 heavy (non-hydrogen) atoms. The summed E-state index contributed by atoms with van der Waals surface area (Å²) in [6.07, 6.45) is -2.23. The minimum Gasteiger partial charge on any atom is -0.458 e. The van der Waals surface area contributed by atoms with Gasteiger partial charge < -0.3 is 10.1 Å². The van der Waals surface area contributed by atoms with Crippen molar-refractivity contribution in [1.82, 2.24) is 15.2 Å². The highest BCUT2D eigenvalue weighted by atomic mass is 19.4. The van der Waals surface area contributed by atoms with Crippen molar-refractivity contribution < 1.29 is 27.5 Å². The number of rotatable bonds is 3. The molecule has 2 amide bonds. The van der Waals surface area contributed by atoms with E-state index < -0.39 is 41.6 Å². The van der Waals surface area contributed by atoms with Crippen LogP contribution in [0.2, 0.25) is 0 Å². The molecule has 0 bridgehead atoms. The number of aromatic nitrogens is 1. The van der Waals surface area contributed by atoms with Crippen LogP contribution in [0.1, 0.15) is 64.3 Å². The number of hydrogen-bond donors (Lipinski definition) is 2. The molecule has 2 N–H and O–H groups in total. The van der Waals surface area contributed by atoms with Crippen LogP contribution in [0, 0.1) is 5.41 Å². The first-order valence-electron chi connectivity index (χ1n) is 9.23. The van der Waals surface area contributed by atoms with Crippen molar-refractivity contribution in [3.05, 3.63) is 29.6 Å². The van der Waals surface area contributed by atoms with E-state index in [9.17, 15) is 22.8 Å². The van der Waals surface area contributed by atoms with E-state index in [1.807, 2.05) is 0 Å². The highest BCUT2D eigenvalue weighted by molar-refractivity contribution is 6.00. The molecule has 1 aliphatic rings. The number of carbonyl (C=O) groups is 2. The van der Waals surface area contributed by atoms with E-state index in [0.717, 1.165) is 17.2 Å². The number of urea groups is 1. The Morgan fingerprint density at radius 2 is 1.97 bits per heavy atom. The first kappa shape index (κ1) is 22.6. The van der Waals surface area contributed by atoms with Gasteiger partial charge in [-0.05, 0) is 52.2 Å². The Labute approximate surface area is 167 Å². The zero-order valence-electron chi connectivity index (χ0n) is 16.8. The summed E-state index contributed by atoms with van der Waals surface area (Å²) >= 11 is 0. The summed E-state index contributed by atoms with van der Waals surface area (Å²) in [5.74, 6) is -0.608. The SMILES string of the molecule is CC(NC(=O)N1C(=N)CCCC1C(=O)OC(C)(C)C)c1ccc(C(F)(F)F)nc1. The highest BCUT2D eigenvalue weighted by Crippen LogP contribution is 2.28. The number of piperidine rings is 1. The monoisotopic (exact) mass is 414 g/mol. The summed E-state index contributed by atoms with van der Waals surface area (Å²) in [6, 6.07) is -0.212. The molecule has 2 unspecified atom stereocenters. The average molecular weight is 414 g/mol. The van der Waals surface area contributed by atoms with Crippen molar-refractivity contribution in [3.8, 4) is 0 Å². The molecule has 1 aromatic rings. The van der Waals surface area contributed by atoms with Gasteiger partial charge in [-0.2, -0.15) is 13.2 Å². The number of amides is 2. The molecule has 7 nitrogen and oxygen atoms in total. The molecule has 160 valence electrons. The number of halogens is 3. The lowest BCUT2D eigenvalue weighted by Gasteiger charge is -2.36. The lowest BCUT2D eigenvalue weighted by Crippen LogP contribution is -2.55. The fraction of sp³-hybridized carbons (Fsp3) is 0.579. The second kappa shape index (κ2) is 8.38. The number of likely N-dealkylation sites (tertiary alicyclic amines) is 1. The topological polar surface area (TPSA) is 95.4 Å². The van der Waals surface area contributed by atoms with Gasteiger partial charge in [0.2, 0.25) is 0 Å². The van der Waals surface area contributed by atoms with E-state index in [1.54, 1.807) is 27.7 Å². The van der Waals surface area contributed by atoms with Crippen LogP contribution in [-0.2, 0) is 15.7 Å². The van der Waals surface area contributed by atoms with E-state index in [1.165, 1.54) is 6.07 Å². The zero-order valence-corrected chi connectivity index (χ0v) is 16.8. The number of alkyl halides is 3. The summed E-state index contributed by atoms with van der Waals surface area (Å²) in [6.45, 7) is 6.72. The number of esters is 1. The number of ether oxygens (including phenoxy) is 1. The molecule has 1 aromatic heterocycles. The minimum atomic E-state index is -4.55. The molecule has 0 spiro atoms. The largest absolute Gasteiger partial charge is 0.458 e. The molecular weight excluding hydrogens is 389 g/mol. The molecule has 10 heteroatoms. The van der Waals surface area contributed by atoms with Gasteiger partial charge >= 0.3 is 18.2 Å². The smallest absolute Gasteiger partial charge is 0.433 e. The van der Waals surface area contributed by atoms with Gasteiger partial charge in [0.05, 0.1) is 6.04 Å². The summed E-state index contributed by atoms with van der Waals surface area (Å²) < 4.78 is 43.3. The molecule has 0 saturated carbocycles. The highest BCUT2D eigenvalue weighted by Gasteiger charge is 2.38. The summed E-state index contributed by atoms with van der Waals surface area (Å²) in [5, 5.41) is 10.7. The average Bonchev–Trinajstić information content (AvgIpc) is 2.59. The van der Waals surface area contributed by atoms with Crippen LogP contribution in [0.15, 0.2) is 18.3 Å². The van der Waals surface area contributed by atoms with E-state index >= 15 is 0 Å². The second-order valence-corrected chi connectivity index (χ2v) is 7.90. The van der Waals surface area contributed by atoms with Crippen molar-refractivity contribution in [3.63, 3.8) is 0 Å². The van der Waals surface area contributed by atoms with Crippen LogP contribution < -0.4 is 5.32 Å². The van der Waals surface area contributed by atoms with E-state index in [0.29, 0.717) is 24.8 Å². The Morgan fingerprint density at radius 3 is 2.48 bits per heavy atom. The first-order chi connectivity index (χ1) is 13.3. The zero-order chi connectivity index (χ0) is 22.0. The molecule has 2 heterocycles. The van der Waals surface area contributed by atoms with Gasteiger partial charge in [0.1, 0.15) is 23.2 Å². The quantitative estimate of drug-likeness (QED) is 0.730. The molecule has 0 aliphatic carbocycles. The van der Waals surface area contributed by atoms with Gasteiger partial charge in [0.15, 0.2) is 0 Å². The normalized spacial score (nSPS) is 18.9. The van der Waals surface area contributed by atoms with Crippen molar-refractivity contribution in [2.45, 2.75) is 70.8 Å². The molecule has 1 aliphatic heterocycles. The maximum absolute atomic E-state index is 12.8. The van der Waals surface area contributed by atoms with Gasteiger partial charge in [-0.25, -0.2) is 9.59 Å². The van der Waals surface area contributed by atoms with Crippen molar-refractivity contribution >= 4 is 17.8 Å². The van der Waals surface area contributed by atoms with Crippen LogP contribution >= 0.6 is 0 Å². The summed E-state index contributed by atoms with van der Waals surface area (Å²) in [5.41, 5.74) is -1.40. The standard InChI is InChI=1S/C19H25F3N4O3/c1-11(12-8-9-14(24-10-12)19(20,21)22)25-17(28)26-13(6-5-7-15(26)23)16(27)29-18(2,3)4/h8-11,13,23H,5-7H2,1-4H3,(H,25,28). The number of pyridine rings is 1. The first-order valence-corrected chi connectivity index (χ1v) is 9.23. The number of amidine groups is 1. The predicted molar refractivity (Wildman–Crippen MR) is 99.2 cm³/mol. The molecular formula is C19H25F3N4O3. The lowest BCUT2D eigenvalue weighted by atomic mass is 10.0. The maximum Gasteiger partial charge on any atom is 0.433 e. The summed E-state index contributed by atoms with van der Waals surface area (Å²) in [7, 11) is 0. The number of nitrogens with one attached hydrogen (secondary N) is 2. The molecule has 2 atom stereocenters. The Morgan fingerprint density at radius 1 is 1.31 bits per heavy atom. The predicted octanol–water partition coefficient (Wildman–Crippen LogP) is 4.04. The van der Waals surface area contributed by atoms with Crippen LogP contribution in [0.25, 0.3) is 0 Å². The minimum absolute atomic E-state index is 0.0117. The Hall–Kier alpha value is -2.65. The van der Waals surface area contributed by atoms with Gasteiger partial charge in [-0.3, -0.25) is 15.3 Å². The summed E-state index contributed by atoms with van der Waals surface area (Å²) in [4.78, 5) is 29.7. The van der Waals surface area contributed by atoms with Crippen LogP contribution in [-0.4, -0.2) is 39.4 Å². The molecule has 1 fully saturated rings. The Kier molecular flexibility index (Phi) is 6.54. The van der Waals surface area contributed by atoms with Gasteiger partial charge in [-0.1, -0.05) is 6.07 Å². The number of nitrogens with zero attached hydrogens (tertiary/aromatic N) is 2. The lowest BCUT2D eigenvalue weighted by molar-refractivity contribution is -0.159. The third-order valence-electron chi connectivity index (χ3n) is 4.31. The Bertz CT molecular complexity index is 772. The van der Waals surface area contributed by atoms with Crippen LogP contribution in [0.5, 0.6) is 0 Å². The van der Waals surface area contributed by atoms with Gasteiger partial charge in [-0.15, -0.1) is 0 Å². The number of carbonyl (C=O) groups excluding carboxylic acids is 2. The van der Waals surface area contributed by atoms with Crippen LogP contribution in [0.3, 0.4) is 0 Å². The van der Waals surface area contributed by atoms with Crippen molar-refractivity contribution in [2.75, 3.05) is 0 Å². The fourth-order valence-electron chi connectivity index (χ4n) is 2.92. The van der Waals surface area contributed by atoms with E-state index in [2.05, 4.69) is 10.3 Å². The third-order valence-corrected chi connectivity index (χ3v) is 4.31. The van der Waals surface area contributed by atoms with Crippen molar-refractivity contribution in [2.24, 2.45) is 0 Å². The van der Waals surface area contributed by atoms with E-state index in [4.69, 9.17) is 10.1 Å². The fourth-order valence-corrected chi connectivity index (χ4v) is 2.92. The van der Waals surface area contributed by atoms with Crippen LogP contribution in [0.4, 0.5) is 18.0 Å². The van der Waals surface area contributed by atoms with Gasteiger partial charge in [0.25, 0.3) is 0 Å². The number of hydrogen-bond acceptors (Lipinski definition) is 5. The molecule has 2 rings (SSSR count). The molecule has 0 radical (unpaired) electrons. The van der Waals surface area contributed by atoms with Crippen molar-refractivity contribution in [1.29, 1.82) is 5.41 Å². The van der Waals surface area contributed by atoms with E-state index in [-0.39, 0.29) is 5.84 Å². The molecule has 1 saturated heterocycles. The Balaban J connectivity index is 2.13.